The van der Waals surface area contributed by atoms with Gasteiger partial charge < -0.3 is 35.4 Å². The maximum atomic E-state index is 11.2. The lowest BCUT2D eigenvalue weighted by molar-refractivity contribution is -0.161. The Bertz CT molecular complexity index is 678. The summed E-state index contributed by atoms with van der Waals surface area (Å²) in [7, 11) is 0. The molecule has 0 radical (unpaired) electrons. The number of carboxylic acids is 1. The molecule has 1 aliphatic rings. The van der Waals surface area contributed by atoms with E-state index in [9.17, 15) is 35.1 Å². The van der Waals surface area contributed by atoms with Crippen molar-refractivity contribution in [3.05, 3.63) is 40.8 Å². The molecule has 2 rings (SSSR count). The lowest BCUT2D eigenvalue weighted by Crippen LogP contribution is -2.44. The van der Waals surface area contributed by atoms with Crippen molar-refractivity contribution in [2.75, 3.05) is 6.61 Å². The molecule has 2 atom stereocenters. The summed E-state index contributed by atoms with van der Waals surface area (Å²) in [6.45, 7) is -1.14. The van der Waals surface area contributed by atoms with E-state index in [1.165, 1.54) is 6.07 Å². The van der Waals surface area contributed by atoms with E-state index in [4.69, 9.17) is 5.11 Å². The Labute approximate surface area is 122 Å². The molecule has 0 saturated heterocycles. The summed E-state index contributed by atoms with van der Waals surface area (Å²) < 4.78 is 4.57. The lowest BCUT2D eigenvalue weighted by atomic mass is 9.86. The fourth-order valence-corrected chi connectivity index (χ4v) is 2.15. The highest BCUT2D eigenvalue weighted by Gasteiger charge is 2.51. The normalized spacial score (nSPS) is 20.6. The Morgan fingerprint density at radius 2 is 1.91 bits per heavy atom. The molecule has 9 heteroatoms. The molecule has 0 fully saturated rings. The van der Waals surface area contributed by atoms with Gasteiger partial charge in [0.25, 0.3) is 0 Å². The van der Waals surface area contributed by atoms with E-state index in [-0.39, 0.29) is 0 Å². The van der Waals surface area contributed by atoms with E-state index in [1.807, 2.05) is 0 Å². The van der Waals surface area contributed by atoms with Crippen LogP contribution in [0.4, 0.5) is 0 Å². The Morgan fingerprint density at radius 3 is 2.36 bits per heavy atom. The van der Waals surface area contributed by atoms with Gasteiger partial charge in [-0.25, -0.2) is 9.59 Å². The number of hydrogen-bond acceptors (Lipinski definition) is 8. The number of carbonyl (C=O) groups is 2. The number of cyclic esters (lactones) is 1. The molecule has 1 aromatic carbocycles. The number of benzene rings is 1. The summed E-state index contributed by atoms with van der Waals surface area (Å²) in [5.74, 6) is -5.89. The minimum Gasteiger partial charge on any atom is -0.507 e. The molecular formula is C13H12O9. The zero-order chi connectivity index (χ0) is 16.7. The Balaban J connectivity index is 2.60. The highest BCUT2D eigenvalue weighted by Crippen LogP contribution is 2.40. The fraction of sp³-hybridized carbons (Fsp3) is 0.231. The van der Waals surface area contributed by atoms with Crippen LogP contribution in [0, 0.1) is 0 Å². The molecule has 0 saturated carbocycles. The van der Waals surface area contributed by atoms with Crippen molar-refractivity contribution in [2.24, 2.45) is 0 Å². The van der Waals surface area contributed by atoms with Gasteiger partial charge in [-0.1, -0.05) is 12.1 Å². The number of aromatic hydroxyl groups is 1. The summed E-state index contributed by atoms with van der Waals surface area (Å²) >= 11 is 0. The fourth-order valence-electron chi connectivity index (χ4n) is 2.15. The summed E-state index contributed by atoms with van der Waals surface area (Å²) in [6, 6.07) is 3.30. The first-order valence-electron chi connectivity index (χ1n) is 5.96. The van der Waals surface area contributed by atoms with Gasteiger partial charge in [0.1, 0.15) is 11.3 Å². The molecule has 0 unspecified atom stereocenters. The Kier molecular flexibility index (Phi) is 3.69. The minimum absolute atomic E-state index is 0.492. The van der Waals surface area contributed by atoms with Crippen LogP contribution in [-0.2, 0) is 15.1 Å². The van der Waals surface area contributed by atoms with Crippen molar-refractivity contribution in [2.45, 2.75) is 11.7 Å². The van der Waals surface area contributed by atoms with E-state index < -0.39 is 58.6 Å². The molecule has 22 heavy (non-hydrogen) atoms. The number of phenols is 1. The van der Waals surface area contributed by atoms with Gasteiger partial charge >= 0.3 is 11.9 Å². The second kappa shape index (κ2) is 5.20. The van der Waals surface area contributed by atoms with Crippen molar-refractivity contribution < 1.29 is 45.0 Å². The number of carbonyl (C=O) groups excluding carboxylic acids is 1. The highest BCUT2D eigenvalue weighted by atomic mass is 16.6. The largest absolute Gasteiger partial charge is 0.507 e. The van der Waals surface area contributed by atoms with Crippen molar-refractivity contribution in [3.8, 4) is 5.75 Å². The third-order valence-electron chi connectivity index (χ3n) is 3.32. The number of hydrogen-bond donors (Lipinski definition) is 6. The molecule has 0 bridgehead atoms. The number of aliphatic hydroxyl groups excluding tert-OH is 3. The maximum Gasteiger partial charge on any atom is 0.378 e. The van der Waals surface area contributed by atoms with Crippen LogP contribution in [0.25, 0.3) is 0 Å². The molecule has 1 heterocycles. The van der Waals surface area contributed by atoms with Crippen LogP contribution in [0.15, 0.2) is 29.7 Å². The molecule has 0 amide bonds. The first kappa shape index (κ1) is 15.6. The molecule has 9 nitrogen and oxygen atoms in total. The molecule has 1 aliphatic heterocycles. The van der Waals surface area contributed by atoms with Gasteiger partial charge in [0.15, 0.2) is 17.5 Å². The Morgan fingerprint density at radius 1 is 1.27 bits per heavy atom. The number of rotatable bonds is 4. The van der Waals surface area contributed by atoms with Crippen LogP contribution in [0.1, 0.15) is 15.9 Å². The topological polar surface area (TPSA) is 165 Å². The summed E-state index contributed by atoms with van der Waals surface area (Å²) in [5.41, 5.74) is -3.62. The van der Waals surface area contributed by atoms with E-state index in [2.05, 4.69) is 4.74 Å². The van der Waals surface area contributed by atoms with Crippen LogP contribution in [0.5, 0.6) is 5.75 Å². The van der Waals surface area contributed by atoms with Crippen molar-refractivity contribution in [1.29, 1.82) is 0 Å². The van der Waals surface area contributed by atoms with Crippen LogP contribution in [-0.4, -0.2) is 55.3 Å². The second-order valence-electron chi connectivity index (χ2n) is 4.61. The molecule has 118 valence electrons. The van der Waals surface area contributed by atoms with Gasteiger partial charge in [-0.05, 0) is 6.07 Å². The van der Waals surface area contributed by atoms with E-state index in [0.717, 1.165) is 12.1 Å². The highest BCUT2D eigenvalue weighted by molar-refractivity contribution is 5.92. The summed E-state index contributed by atoms with van der Waals surface area (Å²) in [6.07, 6.45) is -1.90. The van der Waals surface area contributed by atoms with E-state index in [0.29, 0.717) is 0 Å². The maximum absolute atomic E-state index is 11.2. The van der Waals surface area contributed by atoms with E-state index >= 15 is 0 Å². The molecule has 1 aromatic rings. The molecular weight excluding hydrogens is 300 g/mol. The first-order chi connectivity index (χ1) is 10.2. The predicted octanol–water partition coefficient (Wildman–Crippen LogP) is -0.477. The molecule has 0 spiro atoms. The lowest BCUT2D eigenvalue weighted by Gasteiger charge is -2.31. The predicted molar refractivity (Wildman–Crippen MR) is 68.2 cm³/mol. The second-order valence-corrected chi connectivity index (χ2v) is 4.61. The smallest absolute Gasteiger partial charge is 0.378 e. The van der Waals surface area contributed by atoms with Gasteiger partial charge in [0.2, 0.25) is 5.76 Å². The van der Waals surface area contributed by atoms with Crippen molar-refractivity contribution >= 4 is 11.9 Å². The molecule has 0 aromatic heterocycles. The monoisotopic (exact) mass is 312 g/mol. The number of para-hydroxylation sites is 1. The summed E-state index contributed by atoms with van der Waals surface area (Å²) in [4.78, 5) is 22.2. The Hall–Kier alpha value is -2.78. The minimum atomic E-state index is -2.56. The van der Waals surface area contributed by atoms with Crippen LogP contribution in [0.3, 0.4) is 0 Å². The zero-order valence-corrected chi connectivity index (χ0v) is 10.9. The van der Waals surface area contributed by atoms with Gasteiger partial charge in [-0.3, -0.25) is 0 Å². The summed E-state index contributed by atoms with van der Waals surface area (Å²) in [5, 5.41) is 57.7. The third kappa shape index (κ3) is 2.12. The average molecular weight is 312 g/mol. The number of aromatic carboxylic acids is 1. The number of esters is 1. The third-order valence-corrected chi connectivity index (χ3v) is 3.32. The van der Waals surface area contributed by atoms with Crippen molar-refractivity contribution in [3.63, 3.8) is 0 Å². The zero-order valence-electron chi connectivity index (χ0n) is 10.9. The first-order valence-corrected chi connectivity index (χ1v) is 5.96. The molecule has 6 N–H and O–H groups in total. The number of carboxylic acid groups (broad SMARTS) is 1. The van der Waals surface area contributed by atoms with Crippen LogP contribution in [0.2, 0.25) is 0 Å². The van der Waals surface area contributed by atoms with Crippen LogP contribution < -0.4 is 0 Å². The van der Waals surface area contributed by atoms with E-state index in [1.54, 1.807) is 0 Å². The van der Waals surface area contributed by atoms with Crippen LogP contribution >= 0.6 is 0 Å². The molecule has 0 aliphatic carbocycles. The van der Waals surface area contributed by atoms with Gasteiger partial charge in [0.05, 0.1) is 6.61 Å². The number of aliphatic hydroxyl groups is 4. The van der Waals surface area contributed by atoms with Gasteiger partial charge in [-0.2, -0.15) is 0 Å². The average Bonchev–Trinajstić information content (AvgIpc) is 2.74. The number of ether oxygens (including phenoxy) is 1. The quantitative estimate of drug-likeness (QED) is 0.403. The van der Waals surface area contributed by atoms with Crippen molar-refractivity contribution in [1.82, 2.24) is 0 Å². The standard InChI is InChI=1S/C13H12O9/c14-4-13(21,10-8(16)9(17)12(20)22-10)6-3-1-2-5(7(6)15)11(18)19/h1-3,10,14-17,21H,4H2,(H,18,19)/t10-,13+/m0/s1. The SMILES string of the molecule is O=C1O[C@H]([C@@](O)(CO)c2cccc(C(=O)O)c2O)C(O)=C1O. The van der Waals surface area contributed by atoms with Gasteiger partial charge in [-0.15, -0.1) is 0 Å². The van der Waals surface area contributed by atoms with Gasteiger partial charge in [0, 0.05) is 5.56 Å².